The molecule has 0 bridgehead atoms. The van der Waals surface area contributed by atoms with Gasteiger partial charge in [-0.3, -0.25) is 0 Å². The van der Waals surface area contributed by atoms with Crippen molar-refractivity contribution in [2.45, 2.75) is 51.8 Å². The average Bonchev–Trinajstić information content (AvgIpc) is 2.29. The van der Waals surface area contributed by atoms with E-state index < -0.39 is 24.3 Å². The van der Waals surface area contributed by atoms with Crippen LogP contribution < -0.4 is 5.73 Å². The molecule has 0 aliphatic heterocycles. The maximum Gasteiger partial charge on any atom is 0.411 e. The van der Waals surface area contributed by atoms with E-state index in [-0.39, 0.29) is 18.6 Å². The van der Waals surface area contributed by atoms with E-state index in [1.165, 1.54) is 0 Å². The number of aliphatic hydroxyl groups excluding tert-OH is 1. The number of nitrogens with two attached hydrogens (primary N) is 1. The summed E-state index contributed by atoms with van der Waals surface area (Å²) in [6, 6.07) is 0. The summed E-state index contributed by atoms with van der Waals surface area (Å²) < 4.78 is 40.7. The maximum absolute atomic E-state index is 12.0. The van der Waals surface area contributed by atoms with Gasteiger partial charge in [-0.15, -0.1) is 0 Å². The lowest BCUT2D eigenvalue weighted by Gasteiger charge is -2.49. The zero-order valence-electron chi connectivity index (χ0n) is 11.6. The highest BCUT2D eigenvalue weighted by atomic mass is 19.4. The minimum Gasteiger partial charge on any atom is -0.392 e. The van der Waals surface area contributed by atoms with Crippen molar-refractivity contribution in [1.29, 1.82) is 0 Å². The first-order chi connectivity index (χ1) is 8.63. The first-order valence-corrected chi connectivity index (χ1v) is 6.66. The summed E-state index contributed by atoms with van der Waals surface area (Å²) in [6.45, 7) is 2.94. The normalized spacial score (nSPS) is 31.4. The zero-order valence-corrected chi connectivity index (χ0v) is 11.6. The number of aliphatic hydroxyl groups is 1. The van der Waals surface area contributed by atoms with E-state index in [1.807, 2.05) is 13.8 Å². The van der Waals surface area contributed by atoms with Gasteiger partial charge in [-0.1, -0.05) is 20.3 Å². The average molecular weight is 283 g/mol. The van der Waals surface area contributed by atoms with Gasteiger partial charge in [-0.05, 0) is 24.7 Å². The highest BCUT2D eigenvalue weighted by Crippen LogP contribution is 2.47. The van der Waals surface area contributed by atoms with E-state index in [9.17, 15) is 18.3 Å². The smallest absolute Gasteiger partial charge is 0.392 e. The molecule has 2 atom stereocenters. The molecule has 3 N–H and O–H groups in total. The zero-order chi connectivity index (χ0) is 14.7. The second-order valence-corrected chi connectivity index (χ2v) is 6.23. The molecule has 0 aromatic heterocycles. The third-order valence-electron chi connectivity index (χ3n) is 4.23. The van der Waals surface area contributed by atoms with E-state index in [0.29, 0.717) is 6.42 Å². The summed E-state index contributed by atoms with van der Waals surface area (Å²) in [5.41, 5.74) is 5.01. The Morgan fingerprint density at radius 1 is 1.32 bits per heavy atom. The molecule has 1 saturated carbocycles. The van der Waals surface area contributed by atoms with E-state index in [0.717, 1.165) is 19.3 Å². The van der Waals surface area contributed by atoms with Crippen LogP contribution in [0.1, 0.15) is 39.5 Å². The second-order valence-electron chi connectivity index (χ2n) is 6.23. The van der Waals surface area contributed by atoms with E-state index in [2.05, 4.69) is 4.74 Å². The number of halogens is 3. The molecule has 114 valence electrons. The molecule has 19 heavy (non-hydrogen) atoms. The Bertz CT molecular complexity index is 294. The number of hydrogen-bond acceptors (Lipinski definition) is 3. The standard InChI is InChI=1S/C13H24F3NO2/c1-11(2)4-3-5-12(8-17,10(11)18)6-7-19-9-13(14,15)16/h10,18H,3-9,17H2,1-2H3. The first-order valence-electron chi connectivity index (χ1n) is 6.66. The van der Waals surface area contributed by atoms with Gasteiger partial charge in [0.25, 0.3) is 0 Å². The molecular weight excluding hydrogens is 259 g/mol. The Morgan fingerprint density at radius 2 is 1.95 bits per heavy atom. The Balaban J connectivity index is 2.56. The van der Waals surface area contributed by atoms with Crippen LogP contribution in [0.3, 0.4) is 0 Å². The fourth-order valence-corrected chi connectivity index (χ4v) is 3.04. The van der Waals surface area contributed by atoms with Crippen molar-refractivity contribution in [2.75, 3.05) is 19.8 Å². The lowest BCUT2D eigenvalue weighted by Crippen LogP contribution is -2.52. The van der Waals surface area contributed by atoms with Crippen molar-refractivity contribution in [3.8, 4) is 0 Å². The molecular formula is C13H24F3NO2. The molecule has 1 aliphatic carbocycles. The minimum atomic E-state index is -4.31. The van der Waals surface area contributed by atoms with Crippen LogP contribution in [0.25, 0.3) is 0 Å². The van der Waals surface area contributed by atoms with Gasteiger partial charge < -0.3 is 15.6 Å². The quantitative estimate of drug-likeness (QED) is 0.762. The van der Waals surface area contributed by atoms with Crippen molar-refractivity contribution in [3.63, 3.8) is 0 Å². The molecule has 1 aliphatic rings. The summed E-state index contributed by atoms with van der Waals surface area (Å²) >= 11 is 0. The van der Waals surface area contributed by atoms with E-state index in [4.69, 9.17) is 5.73 Å². The molecule has 0 spiro atoms. The van der Waals surface area contributed by atoms with Gasteiger partial charge in [0, 0.05) is 18.6 Å². The molecule has 0 saturated heterocycles. The summed E-state index contributed by atoms with van der Waals surface area (Å²) in [7, 11) is 0. The Morgan fingerprint density at radius 3 is 2.47 bits per heavy atom. The molecule has 0 radical (unpaired) electrons. The van der Waals surface area contributed by atoms with Gasteiger partial charge in [0.05, 0.1) is 6.10 Å². The minimum absolute atomic E-state index is 0.0240. The number of ether oxygens (including phenoxy) is 1. The lowest BCUT2D eigenvalue weighted by atomic mass is 9.60. The van der Waals surface area contributed by atoms with E-state index >= 15 is 0 Å². The largest absolute Gasteiger partial charge is 0.411 e. The Kier molecular flexibility index (Phi) is 5.26. The monoisotopic (exact) mass is 283 g/mol. The molecule has 0 amide bonds. The molecule has 1 rings (SSSR count). The van der Waals surface area contributed by atoms with Crippen LogP contribution >= 0.6 is 0 Å². The molecule has 1 fully saturated rings. The SMILES string of the molecule is CC1(C)CCCC(CN)(CCOCC(F)(F)F)C1O. The predicted octanol–water partition coefficient (Wildman–Crippen LogP) is 2.47. The number of hydrogen-bond donors (Lipinski definition) is 2. The summed E-state index contributed by atoms with van der Waals surface area (Å²) in [6.07, 6.45) is -1.97. The van der Waals surface area contributed by atoms with Gasteiger partial charge in [0.15, 0.2) is 0 Å². The highest BCUT2D eigenvalue weighted by molar-refractivity contribution is 4.98. The van der Waals surface area contributed by atoms with Gasteiger partial charge in [0.1, 0.15) is 6.61 Å². The van der Waals surface area contributed by atoms with Crippen molar-refractivity contribution < 1.29 is 23.0 Å². The maximum atomic E-state index is 12.0. The van der Waals surface area contributed by atoms with Crippen LogP contribution in [0.2, 0.25) is 0 Å². The van der Waals surface area contributed by atoms with Crippen molar-refractivity contribution in [3.05, 3.63) is 0 Å². The molecule has 6 heteroatoms. The summed E-state index contributed by atoms with van der Waals surface area (Å²) in [5.74, 6) is 0. The van der Waals surface area contributed by atoms with Crippen molar-refractivity contribution >= 4 is 0 Å². The topological polar surface area (TPSA) is 55.5 Å². The number of rotatable bonds is 5. The Labute approximate surface area is 112 Å². The molecule has 0 heterocycles. The van der Waals surface area contributed by atoms with Gasteiger partial charge in [-0.25, -0.2) is 0 Å². The lowest BCUT2D eigenvalue weighted by molar-refractivity contribution is -0.178. The van der Waals surface area contributed by atoms with Crippen LogP contribution in [-0.2, 0) is 4.74 Å². The fraction of sp³-hybridized carbons (Fsp3) is 1.00. The van der Waals surface area contributed by atoms with Crippen molar-refractivity contribution in [1.82, 2.24) is 0 Å². The summed E-state index contributed by atoms with van der Waals surface area (Å²) in [5, 5.41) is 10.4. The highest BCUT2D eigenvalue weighted by Gasteiger charge is 2.47. The Hall–Kier alpha value is -0.330. The van der Waals surface area contributed by atoms with Crippen LogP contribution in [0, 0.1) is 10.8 Å². The third-order valence-corrected chi connectivity index (χ3v) is 4.23. The van der Waals surface area contributed by atoms with Crippen LogP contribution in [0.15, 0.2) is 0 Å². The van der Waals surface area contributed by atoms with Crippen LogP contribution in [0.4, 0.5) is 13.2 Å². The molecule has 3 nitrogen and oxygen atoms in total. The van der Waals surface area contributed by atoms with Gasteiger partial charge in [0.2, 0.25) is 0 Å². The van der Waals surface area contributed by atoms with Crippen LogP contribution in [-0.4, -0.2) is 37.1 Å². The third kappa shape index (κ3) is 4.33. The van der Waals surface area contributed by atoms with Crippen molar-refractivity contribution in [2.24, 2.45) is 16.6 Å². The fourth-order valence-electron chi connectivity index (χ4n) is 3.04. The van der Waals surface area contributed by atoms with Gasteiger partial charge >= 0.3 is 6.18 Å². The van der Waals surface area contributed by atoms with E-state index in [1.54, 1.807) is 0 Å². The molecule has 2 unspecified atom stereocenters. The molecule has 0 aromatic carbocycles. The predicted molar refractivity (Wildman–Crippen MR) is 66.6 cm³/mol. The van der Waals surface area contributed by atoms with Crippen LogP contribution in [0.5, 0.6) is 0 Å². The number of alkyl halides is 3. The molecule has 0 aromatic rings. The van der Waals surface area contributed by atoms with Gasteiger partial charge in [-0.2, -0.15) is 13.2 Å². The second kappa shape index (κ2) is 5.97. The first kappa shape index (κ1) is 16.7. The summed E-state index contributed by atoms with van der Waals surface area (Å²) in [4.78, 5) is 0.